The molecule has 0 spiro atoms. The standard InChI is InChI=1S/C10H17N3O/c1-3-4-10(14)11-6-5-9-7-13(2)8-12-9/h7-8H,3-6H2,1-2H3,(H,11,14). The zero-order valence-corrected chi connectivity index (χ0v) is 8.79. The summed E-state index contributed by atoms with van der Waals surface area (Å²) < 4.78 is 1.91. The number of aryl methyl sites for hydroxylation is 1. The monoisotopic (exact) mass is 195 g/mol. The van der Waals surface area contributed by atoms with Gasteiger partial charge in [-0.3, -0.25) is 4.79 Å². The zero-order valence-electron chi connectivity index (χ0n) is 8.79. The highest BCUT2D eigenvalue weighted by molar-refractivity contribution is 5.75. The van der Waals surface area contributed by atoms with Crippen LogP contribution in [0.4, 0.5) is 0 Å². The Labute approximate surface area is 84.3 Å². The summed E-state index contributed by atoms with van der Waals surface area (Å²) in [6, 6.07) is 0. The van der Waals surface area contributed by atoms with E-state index in [9.17, 15) is 4.79 Å². The molecule has 0 fully saturated rings. The van der Waals surface area contributed by atoms with E-state index in [1.165, 1.54) is 0 Å². The average molecular weight is 195 g/mol. The van der Waals surface area contributed by atoms with Gasteiger partial charge >= 0.3 is 0 Å². The Morgan fingerprint density at radius 3 is 3.00 bits per heavy atom. The summed E-state index contributed by atoms with van der Waals surface area (Å²) >= 11 is 0. The predicted molar refractivity (Wildman–Crippen MR) is 54.8 cm³/mol. The highest BCUT2D eigenvalue weighted by atomic mass is 16.1. The van der Waals surface area contributed by atoms with E-state index >= 15 is 0 Å². The molecule has 4 nitrogen and oxygen atoms in total. The lowest BCUT2D eigenvalue weighted by Crippen LogP contribution is -2.25. The summed E-state index contributed by atoms with van der Waals surface area (Å²) in [5.41, 5.74) is 1.02. The van der Waals surface area contributed by atoms with Crippen molar-refractivity contribution >= 4 is 5.91 Å². The van der Waals surface area contributed by atoms with Crippen LogP contribution in [0.5, 0.6) is 0 Å². The van der Waals surface area contributed by atoms with Crippen LogP contribution in [0.25, 0.3) is 0 Å². The Balaban J connectivity index is 2.18. The molecule has 0 atom stereocenters. The summed E-state index contributed by atoms with van der Waals surface area (Å²) in [4.78, 5) is 15.3. The second-order valence-corrected chi connectivity index (χ2v) is 3.38. The van der Waals surface area contributed by atoms with Gasteiger partial charge in [-0.2, -0.15) is 0 Å². The highest BCUT2D eigenvalue weighted by Gasteiger charge is 1.99. The third kappa shape index (κ3) is 3.60. The van der Waals surface area contributed by atoms with Crippen molar-refractivity contribution in [2.24, 2.45) is 7.05 Å². The van der Waals surface area contributed by atoms with Gasteiger partial charge in [-0.15, -0.1) is 0 Å². The molecule has 0 unspecified atom stereocenters. The van der Waals surface area contributed by atoms with Crippen molar-refractivity contribution in [3.05, 3.63) is 18.2 Å². The van der Waals surface area contributed by atoms with Gasteiger partial charge in [-0.25, -0.2) is 4.98 Å². The summed E-state index contributed by atoms with van der Waals surface area (Å²) in [7, 11) is 1.94. The zero-order chi connectivity index (χ0) is 10.4. The van der Waals surface area contributed by atoms with Crippen molar-refractivity contribution in [3.8, 4) is 0 Å². The summed E-state index contributed by atoms with van der Waals surface area (Å²) in [5.74, 6) is 0.128. The van der Waals surface area contributed by atoms with Crippen LogP contribution >= 0.6 is 0 Å². The summed E-state index contributed by atoms with van der Waals surface area (Å²) in [5, 5.41) is 2.85. The SMILES string of the molecule is CCCC(=O)NCCc1cn(C)cn1. The number of nitrogens with zero attached hydrogens (tertiary/aromatic N) is 2. The maximum atomic E-state index is 11.1. The summed E-state index contributed by atoms with van der Waals surface area (Å²) in [6.07, 6.45) is 6.04. The minimum Gasteiger partial charge on any atom is -0.356 e. The molecule has 0 aliphatic heterocycles. The van der Waals surface area contributed by atoms with E-state index in [4.69, 9.17) is 0 Å². The fourth-order valence-corrected chi connectivity index (χ4v) is 1.24. The van der Waals surface area contributed by atoms with Gasteiger partial charge < -0.3 is 9.88 Å². The molecule has 1 aromatic heterocycles. The number of rotatable bonds is 5. The van der Waals surface area contributed by atoms with Crippen LogP contribution in [0.2, 0.25) is 0 Å². The fraction of sp³-hybridized carbons (Fsp3) is 0.600. The van der Waals surface area contributed by atoms with Crippen molar-refractivity contribution in [2.45, 2.75) is 26.2 Å². The Kier molecular flexibility index (Phi) is 4.16. The maximum Gasteiger partial charge on any atom is 0.219 e. The van der Waals surface area contributed by atoms with Crippen LogP contribution in [0.1, 0.15) is 25.5 Å². The Hall–Kier alpha value is -1.32. The Morgan fingerprint density at radius 1 is 1.64 bits per heavy atom. The van der Waals surface area contributed by atoms with Gasteiger partial charge in [0.15, 0.2) is 0 Å². The first-order chi connectivity index (χ1) is 6.72. The predicted octanol–water partition coefficient (Wildman–Crippen LogP) is 0.879. The number of nitrogens with one attached hydrogen (secondary N) is 1. The molecule has 4 heteroatoms. The van der Waals surface area contributed by atoms with Crippen molar-refractivity contribution in [2.75, 3.05) is 6.54 Å². The van der Waals surface area contributed by atoms with Crippen LogP contribution in [0.3, 0.4) is 0 Å². The minimum atomic E-state index is 0.128. The Morgan fingerprint density at radius 2 is 2.43 bits per heavy atom. The van der Waals surface area contributed by atoms with Crippen molar-refractivity contribution in [1.82, 2.24) is 14.9 Å². The van der Waals surface area contributed by atoms with Gasteiger partial charge in [0.1, 0.15) is 0 Å². The molecule has 14 heavy (non-hydrogen) atoms. The second kappa shape index (κ2) is 5.42. The van der Waals surface area contributed by atoms with Crippen molar-refractivity contribution < 1.29 is 4.79 Å². The lowest BCUT2D eigenvalue weighted by Gasteiger charge is -2.01. The molecule has 0 aliphatic carbocycles. The number of aromatic nitrogens is 2. The van der Waals surface area contributed by atoms with Crippen LogP contribution in [-0.2, 0) is 18.3 Å². The number of amides is 1. The largest absolute Gasteiger partial charge is 0.356 e. The first-order valence-corrected chi connectivity index (χ1v) is 4.96. The number of carbonyl (C=O) groups excluding carboxylic acids is 1. The van der Waals surface area contributed by atoms with Gasteiger partial charge in [0, 0.05) is 32.6 Å². The molecule has 0 saturated heterocycles. The molecule has 1 amide bonds. The smallest absolute Gasteiger partial charge is 0.219 e. The molecule has 1 rings (SSSR count). The lowest BCUT2D eigenvalue weighted by molar-refractivity contribution is -0.121. The van der Waals surface area contributed by atoms with Gasteiger partial charge in [-0.1, -0.05) is 6.92 Å². The van der Waals surface area contributed by atoms with Gasteiger partial charge in [0.2, 0.25) is 5.91 Å². The number of hydrogen-bond donors (Lipinski definition) is 1. The van der Waals surface area contributed by atoms with Crippen LogP contribution in [-0.4, -0.2) is 22.0 Å². The van der Waals surface area contributed by atoms with Crippen LogP contribution in [0, 0.1) is 0 Å². The first-order valence-electron chi connectivity index (χ1n) is 4.96. The van der Waals surface area contributed by atoms with Gasteiger partial charge in [0.05, 0.1) is 12.0 Å². The van der Waals surface area contributed by atoms with E-state index < -0.39 is 0 Å². The molecule has 1 N–H and O–H groups in total. The van der Waals surface area contributed by atoms with Crippen molar-refractivity contribution in [1.29, 1.82) is 0 Å². The van der Waals surface area contributed by atoms with Gasteiger partial charge in [-0.05, 0) is 6.42 Å². The number of hydrogen-bond acceptors (Lipinski definition) is 2. The molecule has 0 aliphatic rings. The highest BCUT2D eigenvalue weighted by Crippen LogP contribution is 1.94. The topological polar surface area (TPSA) is 46.9 Å². The normalized spacial score (nSPS) is 10.1. The molecule has 0 aromatic carbocycles. The molecule has 0 bridgehead atoms. The average Bonchev–Trinajstić information content (AvgIpc) is 2.52. The molecule has 0 saturated carbocycles. The molecule has 78 valence electrons. The quantitative estimate of drug-likeness (QED) is 0.758. The molecular formula is C10H17N3O. The number of imidazole rings is 1. The van der Waals surface area contributed by atoms with E-state index in [1.54, 1.807) is 6.33 Å². The molecule has 1 heterocycles. The lowest BCUT2D eigenvalue weighted by atomic mass is 10.3. The molecule has 1 aromatic rings. The third-order valence-corrected chi connectivity index (χ3v) is 1.94. The summed E-state index contributed by atoms with van der Waals surface area (Å²) in [6.45, 7) is 2.67. The van der Waals surface area contributed by atoms with Crippen molar-refractivity contribution in [3.63, 3.8) is 0 Å². The van der Waals surface area contributed by atoms with Crippen LogP contribution in [0.15, 0.2) is 12.5 Å². The van der Waals surface area contributed by atoms with E-state index in [2.05, 4.69) is 10.3 Å². The minimum absolute atomic E-state index is 0.128. The third-order valence-electron chi connectivity index (χ3n) is 1.94. The second-order valence-electron chi connectivity index (χ2n) is 3.38. The molecule has 0 radical (unpaired) electrons. The van der Waals surface area contributed by atoms with E-state index in [0.717, 1.165) is 18.5 Å². The van der Waals surface area contributed by atoms with E-state index in [0.29, 0.717) is 13.0 Å². The first kappa shape index (κ1) is 10.8. The van der Waals surface area contributed by atoms with Crippen LogP contribution < -0.4 is 5.32 Å². The number of carbonyl (C=O) groups is 1. The van der Waals surface area contributed by atoms with E-state index in [1.807, 2.05) is 24.7 Å². The maximum absolute atomic E-state index is 11.1. The molecular weight excluding hydrogens is 178 g/mol. The van der Waals surface area contributed by atoms with Gasteiger partial charge in [0.25, 0.3) is 0 Å². The fourth-order valence-electron chi connectivity index (χ4n) is 1.24. The Bertz CT molecular complexity index is 293. The van der Waals surface area contributed by atoms with E-state index in [-0.39, 0.29) is 5.91 Å².